The van der Waals surface area contributed by atoms with E-state index in [9.17, 15) is 4.79 Å². The molecular weight excluding hydrogens is 284 g/mol. The van der Waals surface area contributed by atoms with Crippen molar-refractivity contribution in [1.82, 2.24) is 5.43 Å². The summed E-state index contributed by atoms with van der Waals surface area (Å²) in [6.45, 7) is 6.10. The number of hydrogen-bond acceptors (Lipinski definition) is 4. The molecule has 4 nitrogen and oxygen atoms in total. The number of nitrogens with zero attached hydrogens (tertiary/aromatic N) is 1. The van der Waals surface area contributed by atoms with Crippen LogP contribution in [0.4, 0.5) is 0 Å². The average Bonchev–Trinajstić information content (AvgIpc) is 3.09. The Hall–Kier alpha value is -2.14. The number of nitrogens with one attached hydrogen (secondary N) is 1. The molecule has 0 unspecified atom stereocenters. The molecule has 0 aromatic carbocycles. The molecule has 2 aromatic heterocycles. The normalized spacial score (nSPS) is 12.3. The number of carbonyl (C=O) groups is 1. The van der Waals surface area contributed by atoms with Crippen LogP contribution in [-0.2, 0) is 0 Å². The van der Waals surface area contributed by atoms with Crippen LogP contribution < -0.4 is 5.43 Å². The van der Waals surface area contributed by atoms with Gasteiger partial charge < -0.3 is 4.42 Å². The molecule has 1 amide bonds. The summed E-state index contributed by atoms with van der Waals surface area (Å²) in [5.41, 5.74) is 4.06. The van der Waals surface area contributed by atoms with Gasteiger partial charge in [-0.25, -0.2) is 5.43 Å². The Balaban J connectivity index is 1.92. The maximum Gasteiger partial charge on any atom is 0.272 e. The molecule has 0 bridgehead atoms. The van der Waals surface area contributed by atoms with Crippen LogP contribution in [0.15, 0.2) is 44.9 Å². The highest BCUT2D eigenvalue weighted by Crippen LogP contribution is 2.22. The number of allylic oxidation sites excluding steroid dienone is 1. The Morgan fingerprint density at radius 3 is 2.90 bits per heavy atom. The van der Waals surface area contributed by atoms with Crippen molar-refractivity contribution < 1.29 is 9.21 Å². The van der Waals surface area contributed by atoms with Gasteiger partial charge in [0.2, 0.25) is 0 Å². The highest BCUT2D eigenvalue weighted by Gasteiger charge is 2.09. The van der Waals surface area contributed by atoms with Gasteiger partial charge in [-0.3, -0.25) is 4.79 Å². The summed E-state index contributed by atoms with van der Waals surface area (Å²) in [4.78, 5) is 13.1. The summed E-state index contributed by atoms with van der Waals surface area (Å²) < 4.78 is 5.20. The molecule has 21 heavy (non-hydrogen) atoms. The summed E-state index contributed by atoms with van der Waals surface area (Å²) in [6.07, 6.45) is 5.05. The second kappa shape index (κ2) is 7.04. The lowest BCUT2D eigenvalue weighted by Crippen LogP contribution is -2.16. The van der Waals surface area contributed by atoms with E-state index in [-0.39, 0.29) is 5.91 Å². The number of hydrogen-bond donors (Lipinski definition) is 1. The quantitative estimate of drug-likeness (QED) is 0.662. The fourth-order valence-electron chi connectivity index (χ4n) is 1.67. The molecule has 0 atom stereocenters. The Morgan fingerprint density at radius 1 is 1.48 bits per heavy atom. The Morgan fingerprint density at radius 2 is 2.29 bits per heavy atom. The van der Waals surface area contributed by atoms with E-state index in [1.807, 2.05) is 36.6 Å². The third kappa shape index (κ3) is 4.43. The van der Waals surface area contributed by atoms with Gasteiger partial charge in [0.1, 0.15) is 5.76 Å². The summed E-state index contributed by atoms with van der Waals surface area (Å²) in [5, 5.41) is 5.81. The van der Waals surface area contributed by atoms with Crippen LogP contribution >= 0.6 is 11.3 Å². The molecule has 5 heteroatoms. The van der Waals surface area contributed by atoms with Gasteiger partial charge in [-0.2, -0.15) is 5.10 Å². The molecule has 110 valence electrons. The van der Waals surface area contributed by atoms with Gasteiger partial charge >= 0.3 is 0 Å². The zero-order valence-corrected chi connectivity index (χ0v) is 13.1. The van der Waals surface area contributed by atoms with E-state index in [0.717, 1.165) is 11.3 Å². The predicted molar refractivity (Wildman–Crippen MR) is 86.7 cm³/mol. The van der Waals surface area contributed by atoms with Crippen LogP contribution in [-0.4, -0.2) is 12.1 Å². The van der Waals surface area contributed by atoms with E-state index in [2.05, 4.69) is 24.4 Å². The van der Waals surface area contributed by atoms with Crippen LogP contribution in [0.25, 0.3) is 6.08 Å². The van der Waals surface area contributed by atoms with Crippen molar-refractivity contribution >= 4 is 29.5 Å². The second-order valence-corrected chi connectivity index (χ2v) is 5.94. The van der Waals surface area contributed by atoms with Crippen molar-refractivity contribution in [2.75, 3.05) is 0 Å². The van der Waals surface area contributed by atoms with E-state index >= 15 is 0 Å². The number of carbonyl (C=O) groups excluding carboxylic acids is 1. The summed E-state index contributed by atoms with van der Waals surface area (Å²) in [5.74, 6) is 0.989. The molecule has 2 aromatic rings. The molecule has 0 saturated heterocycles. The summed E-state index contributed by atoms with van der Waals surface area (Å²) in [6, 6.07) is 5.58. The van der Waals surface area contributed by atoms with Gasteiger partial charge in [0, 0.05) is 10.3 Å². The zero-order chi connectivity index (χ0) is 15.2. The molecule has 0 saturated carbocycles. The fraction of sp³-hybridized carbons (Fsp3) is 0.250. The number of hydrazone groups is 1. The molecule has 0 aliphatic heterocycles. The van der Waals surface area contributed by atoms with Crippen molar-refractivity contribution in [3.63, 3.8) is 0 Å². The maximum absolute atomic E-state index is 11.9. The highest BCUT2D eigenvalue weighted by molar-refractivity contribution is 7.10. The van der Waals surface area contributed by atoms with Crippen LogP contribution in [0, 0.1) is 0 Å². The number of rotatable bonds is 5. The van der Waals surface area contributed by atoms with Gasteiger partial charge in [-0.15, -0.1) is 11.3 Å². The van der Waals surface area contributed by atoms with E-state index in [1.165, 1.54) is 4.88 Å². The molecule has 0 aliphatic rings. The number of thiophene rings is 1. The van der Waals surface area contributed by atoms with E-state index < -0.39 is 0 Å². The summed E-state index contributed by atoms with van der Waals surface area (Å²) in [7, 11) is 0. The fourth-order valence-corrected chi connectivity index (χ4v) is 2.57. The topological polar surface area (TPSA) is 54.6 Å². The van der Waals surface area contributed by atoms with Crippen molar-refractivity contribution in [2.45, 2.75) is 26.7 Å². The van der Waals surface area contributed by atoms with Crippen LogP contribution in [0.2, 0.25) is 0 Å². The largest absolute Gasteiger partial charge is 0.465 e. The smallest absolute Gasteiger partial charge is 0.272 e. The monoisotopic (exact) mass is 302 g/mol. The minimum absolute atomic E-state index is 0.194. The van der Waals surface area contributed by atoms with Gasteiger partial charge in [0.25, 0.3) is 5.91 Å². The lowest BCUT2D eigenvalue weighted by molar-refractivity contribution is 0.0955. The minimum Gasteiger partial charge on any atom is -0.465 e. The number of amides is 1. The highest BCUT2D eigenvalue weighted by atomic mass is 32.1. The average molecular weight is 302 g/mol. The molecule has 1 N–H and O–H groups in total. The molecule has 0 spiro atoms. The van der Waals surface area contributed by atoms with Crippen molar-refractivity contribution in [3.05, 3.63) is 51.6 Å². The molecule has 0 aliphatic carbocycles. The van der Waals surface area contributed by atoms with Crippen molar-refractivity contribution in [3.8, 4) is 0 Å². The van der Waals surface area contributed by atoms with Gasteiger partial charge in [0.05, 0.1) is 18.0 Å². The van der Waals surface area contributed by atoms with Gasteiger partial charge in [-0.05, 0) is 42.7 Å². The second-order valence-electron chi connectivity index (χ2n) is 5.00. The van der Waals surface area contributed by atoms with Crippen molar-refractivity contribution in [2.24, 2.45) is 5.10 Å². The maximum atomic E-state index is 11.9. The lowest BCUT2D eigenvalue weighted by atomic mass is 10.1. The molecule has 2 heterocycles. The minimum atomic E-state index is -0.194. The molecule has 0 radical (unpaired) electrons. The Bertz CT molecular complexity index is 652. The Kier molecular flexibility index (Phi) is 5.11. The third-order valence-electron chi connectivity index (χ3n) is 2.80. The van der Waals surface area contributed by atoms with Crippen LogP contribution in [0.1, 0.15) is 47.7 Å². The van der Waals surface area contributed by atoms with E-state index in [1.54, 1.807) is 23.8 Å². The standard InChI is InChI=1S/C16H18N2O2S/c1-11(2)15-8-13(10-21-15)16(19)18-17-9-12(3)7-14-5-4-6-20-14/h4-11H,1-3H3,(H,18,19). The Labute approximate surface area is 128 Å². The first-order valence-corrected chi connectivity index (χ1v) is 7.58. The third-order valence-corrected chi connectivity index (χ3v) is 4.03. The molecule has 0 fully saturated rings. The van der Waals surface area contributed by atoms with Gasteiger partial charge in [0.15, 0.2) is 0 Å². The SMILES string of the molecule is CC(C=NNC(=O)c1csc(C(C)C)c1)=Cc1ccco1. The van der Waals surface area contributed by atoms with Crippen molar-refractivity contribution in [1.29, 1.82) is 0 Å². The van der Waals surface area contributed by atoms with Crippen LogP contribution in [0.5, 0.6) is 0 Å². The molecular formula is C16H18N2O2S. The predicted octanol–water partition coefficient (Wildman–Crippen LogP) is 4.28. The lowest BCUT2D eigenvalue weighted by Gasteiger charge is -1.98. The molecule has 2 rings (SSSR count). The van der Waals surface area contributed by atoms with Crippen LogP contribution in [0.3, 0.4) is 0 Å². The zero-order valence-electron chi connectivity index (χ0n) is 12.3. The first-order valence-electron chi connectivity index (χ1n) is 6.70. The first-order chi connectivity index (χ1) is 10.1. The number of furan rings is 1. The first kappa shape index (κ1) is 15.3. The van der Waals surface area contributed by atoms with E-state index in [4.69, 9.17) is 4.42 Å². The van der Waals surface area contributed by atoms with Gasteiger partial charge in [-0.1, -0.05) is 13.8 Å². The summed E-state index contributed by atoms with van der Waals surface area (Å²) >= 11 is 1.59. The van der Waals surface area contributed by atoms with E-state index in [0.29, 0.717) is 11.5 Å².